The third-order valence-corrected chi connectivity index (χ3v) is 1.33. The molecule has 0 fully saturated rings. The highest BCUT2D eigenvalue weighted by Crippen LogP contribution is 2.27. The van der Waals surface area contributed by atoms with E-state index in [1.165, 1.54) is 7.05 Å². The van der Waals surface area contributed by atoms with Crippen molar-refractivity contribution in [2.24, 2.45) is 7.05 Å². The average Bonchev–Trinajstić information content (AvgIpc) is 2.29. The van der Waals surface area contributed by atoms with Gasteiger partial charge in [-0.3, -0.25) is 9.48 Å². The third kappa shape index (κ3) is 1.46. The van der Waals surface area contributed by atoms with Crippen molar-refractivity contribution in [3.05, 3.63) is 17.5 Å². The van der Waals surface area contributed by atoms with E-state index in [1.807, 2.05) is 0 Å². The van der Waals surface area contributed by atoms with Crippen molar-refractivity contribution in [2.45, 2.75) is 6.18 Å². The van der Waals surface area contributed by atoms with Crippen molar-refractivity contribution < 1.29 is 18.0 Å². The van der Waals surface area contributed by atoms with Crippen LogP contribution in [0.15, 0.2) is 6.07 Å². The van der Waals surface area contributed by atoms with Crippen LogP contribution >= 0.6 is 0 Å². The summed E-state index contributed by atoms with van der Waals surface area (Å²) in [5.41, 5.74) is -1.14. The van der Waals surface area contributed by atoms with Gasteiger partial charge >= 0.3 is 6.18 Å². The van der Waals surface area contributed by atoms with Crippen LogP contribution in [0.3, 0.4) is 0 Å². The standard InChI is InChI=1S/C6H5F3N2O/c1-11-4(3-12)2-5(10-11)6(7,8)9/h2-3H,1H3. The van der Waals surface area contributed by atoms with Crippen molar-refractivity contribution in [3.63, 3.8) is 0 Å². The lowest BCUT2D eigenvalue weighted by atomic mass is 10.3. The molecule has 12 heavy (non-hydrogen) atoms. The van der Waals surface area contributed by atoms with Crippen molar-refractivity contribution in [1.82, 2.24) is 9.78 Å². The van der Waals surface area contributed by atoms with E-state index in [-0.39, 0.29) is 5.69 Å². The first-order valence-corrected chi connectivity index (χ1v) is 3.01. The zero-order valence-corrected chi connectivity index (χ0v) is 6.09. The number of aryl methyl sites for hydroxylation is 1. The van der Waals surface area contributed by atoms with E-state index >= 15 is 0 Å². The molecule has 0 bridgehead atoms. The van der Waals surface area contributed by atoms with E-state index in [9.17, 15) is 18.0 Å². The second-order valence-electron chi connectivity index (χ2n) is 2.19. The molecule has 0 aliphatic rings. The number of aromatic nitrogens is 2. The summed E-state index contributed by atoms with van der Waals surface area (Å²) in [6.45, 7) is 0. The normalized spacial score (nSPS) is 11.7. The lowest BCUT2D eigenvalue weighted by molar-refractivity contribution is -0.141. The van der Waals surface area contributed by atoms with Crippen LogP contribution in [0.2, 0.25) is 0 Å². The number of hydrogen-bond acceptors (Lipinski definition) is 2. The van der Waals surface area contributed by atoms with Gasteiger partial charge in [-0.2, -0.15) is 18.3 Å². The molecular formula is C6H5F3N2O. The molecule has 66 valence electrons. The summed E-state index contributed by atoms with van der Waals surface area (Å²) in [6, 6.07) is 0.701. The number of nitrogens with zero attached hydrogens (tertiary/aromatic N) is 2. The maximum absolute atomic E-state index is 11.9. The van der Waals surface area contributed by atoms with Crippen LogP contribution in [0.4, 0.5) is 13.2 Å². The molecule has 0 aromatic carbocycles. The topological polar surface area (TPSA) is 34.9 Å². The van der Waals surface area contributed by atoms with Gasteiger partial charge in [0.2, 0.25) is 0 Å². The molecule has 0 saturated carbocycles. The Morgan fingerprint density at radius 2 is 2.17 bits per heavy atom. The van der Waals surface area contributed by atoms with Crippen LogP contribution in [0, 0.1) is 0 Å². The highest BCUT2D eigenvalue weighted by Gasteiger charge is 2.34. The smallest absolute Gasteiger partial charge is 0.296 e. The van der Waals surface area contributed by atoms with Crippen LogP contribution in [0.25, 0.3) is 0 Å². The van der Waals surface area contributed by atoms with Gasteiger partial charge in [-0.05, 0) is 6.07 Å². The lowest BCUT2D eigenvalue weighted by Gasteiger charge is -1.98. The number of halogens is 3. The van der Waals surface area contributed by atoms with Gasteiger partial charge in [0, 0.05) is 7.05 Å². The first-order chi connectivity index (χ1) is 5.45. The zero-order chi connectivity index (χ0) is 9.35. The highest BCUT2D eigenvalue weighted by molar-refractivity contribution is 5.72. The third-order valence-electron chi connectivity index (χ3n) is 1.33. The molecule has 3 nitrogen and oxygen atoms in total. The first-order valence-electron chi connectivity index (χ1n) is 3.01. The minimum atomic E-state index is -4.49. The molecule has 1 heterocycles. The second kappa shape index (κ2) is 2.62. The molecule has 0 saturated heterocycles. The minimum Gasteiger partial charge on any atom is -0.296 e. The second-order valence-corrected chi connectivity index (χ2v) is 2.19. The summed E-state index contributed by atoms with van der Waals surface area (Å²) in [6.07, 6.45) is -4.17. The number of carbonyl (C=O) groups excluding carboxylic acids is 1. The molecule has 0 amide bonds. The molecule has 1 aromatic heterocycles. The van der Waals surface area contributed by atoms with E-state index < -0.39 is 11.9 Å². The van der Waals surface area contributed by atoms with Crippen LogP contribution in [-0.4, -0.2) is 16.1 Å². The lowest BCUT2D eigenvalue weighted by Crippen LogP contribution is -2.06. The summed E-state index contributed by atoms with van der Waals surface area (Å²) >= 11 is 0. The van der Waals surface area contributed by atoms with E-state index in [0.717, 1.165) is 4.68 Å². The Kier molecular flexibility index (Phi) is 1.91. The van der Waals surface area contributed by atoms with Gasteiger partial charge in [0.1, 0.15) is 5.69 Å². The number of carbonyl (C=O) groups is 1. The molecule has 1 aromatic rings. The minimum absolute atomic E-state index is 0.0951. The molecule has 0 aliphatic carbocycles. The van der Waals surface area contributed by atoms with Crippen molar-refractivity contribution in [2.75, 3.05) is 0 Å². The van der Waals surface area contributed by atoms with Gasteiger partial charge in [0.25, 0.3) is 0 Å². The van der Waals surface area contributed by atoms with E-state index in [0.29, 0.717) is 12.4 Å². The molecule has 0 aliphatic heterocycles. The predicted molar refractivity (Wildman–Crippen MR) is 33.6 cm³/mol. The van der Waals surface area contributed by atoms with Crippen LogP contribution in [0.1, 0.15) is 16.2 Å². The molecule has 0 N–H and O–H groups in total. The summed E-state index contributed by atoms with van der Waals surface area (Å²) < 4.78 is 36.7. The molecular weight excluding hydrogens is 173 g/mol. The Hall–Kier alpha value is -1.33. The molecule has 0 unspecified atom stereocenters. The fourth-order valence-corrected chi connectivity index (χ4v) is 0.731. The van der Waals surface area contributed by atoms with Crippen LogP contribution in [-0.2, 0) is 13.2 Å². The number of aldehydes is 1. The predicted octanol–water partition coefficient (Wildman–Crippen LogP) is 1.25. The SMILES string of the molecule is Cn1nc(C(F)(F)F)cc1C=O. The van der Waals surface area contributed by atoms with Crippen molar-refractivity contribution in [1.29, 1.82) is 0 Å². The number of alkyl halides is 3. The monoisotopic (exact) mass is 178 g/mol. The van der Waals surface area contributed by atoms with Crippen LogP contribution in [0.5, 0.6) is 0 Å². The molecule has 6 heteroatoms. The Balaban J connectivity index is 3.13. The summed E-state index contributed by atoms with van der Waals surface area (Å²) in [7, 11) is 1.28. The van der Waals surface area contributed by atoms with Gasteiger partial charge < -0.3 is 0 Å². The fourth-order valence-electron chi connectivity index (χ4n) is 0.731. The maximum Gasteiger partial charge on any atom is 0.435 e. The van der Waals surface area contributed by atoms with E-state index in [1.54, 1.807) is 0 Å². The van der Waals surface area contributed by atoms with Crippen LogP contribution < -0.4 is 0 Å². The summed E-state index contributed by atoms with van der Waals surface area (Å²) in [5.74, 6) is 0. The maximum atomic E-state index is 11.9. The quantitative estimate of drug-likeness (QED) is 0.606. The molecule has 1 rings (SSSR count). The fraction of sp³-hybridized carbons (Fsp3) is 0.333. The van der Waals surface area contributed by atoms with Gasteiger partial charge in [0.15, 0.2) is 12.0 Å². The Labute approximate surface area is 65.8 Å². The van der Waals surface area contributed by atoms with Crippen molar-refractivity contribution in [3.8, 4) is 0 Å². The highest BCUT2D eigenvalue weighted by atomic mass is 19.4. The number of hydrogen-bond donors (Lipinski definition) is 0. The van der Waals surface area contributed by atoms with Gasteiger partial charge in [-0.1, -0.05) is 0 Å². The molecule has 0 spiro atoms. The molecule has 0 atom stereocenters. The Bertz CT molecular complexity index is 302. The van der Waals surface area contributed by atoms with Gasteiger partial charge in [-0.15, -0.1) is 0 Å². The van der Waals surface area contributed by atoms with Gasteiger partial charge in [-0.25, -0.2) is 0 Å². The van der Waals surface area contributed by atoms with E-state index in [4.69, 9.17) is 0 Å². The number of rotatable bonds is 1. The molecule has 0 radical (unpaired) electrons. The van der Waals surface area contributed by atoms with Crippen molar-refractivity contribution >= 4 is 6.29 Å². The summed E-state index contributed by atoms with van der Waals surface area (Å²) in [4.78, 5) is 10.1. The first kappa shape index (κ1) is 8.76. The largest absolute Gasteiger partial charge is 0.435 e. The average molecular weight is 178 g/mol. The Morgan fingerprint density at radius 3 is 2.42 bits per heavy atom. The Morgan fingerprint density at radius 1 is 1.58 bits per heavy atom. The van der Waals surface area contributed by atoms with E-state index in [2.05, 4.69) is 5.10 Å². The zero-order valence-electron chi connectivity index (χ0n) is 6.09. The summed E-state index contributed by atoms with van der Waals surface area (Å²) in [5, 5.41) is 3.11. The van der Waals surface area contributed by atoms with Gasteiger partial charge in [0.05, 0.1) is 0 Å².